The molecule has 1 aliphatic heterocycles. The molecule has 2 amide bonds. The number of amides is 2. The van der Waals surface area contributed by atoms with Gasteiger partial charge in [-0.1, -0.05) is 37.3 Å². The van der Waals surface area contributed by atoms with Crippen LogP contribution in [0.5, 0.6) is 0 Å². The van der Waals surface area contributed by atoms with Gasteiger partial charge >= 0.3 is 0 Å². The van der Waals surface area contributed by atoms with Crippen LogP contribution in [0.15, 0.2) is 30.3 Å². The lowest BCUT2D eigenvalue weighted by Crippen LogP contribution is -2.68. The summed E-state index contributed by atoms with van der Waals surface area (Å²) in [6.07, 6.45) is 0.601. The molecule has 1 heterocycles. The molecule has 1 fully saturated rings. The largest absolute Gasteiger partial charge is 0.338 e. The molecule has 4 nitrogen and oxygen atoms in total. The minimum atomic E-state index is -0.767. The monoisotopic (exact) mass is 274 g/mol. The van der Waals surface area contributed by atoms with Crippen molar-refractivity contribution in [2.45, 2.75) is 51.7 Å². The third kappa shape index (κ3) is 2.19. The van der Waals surface area contributed by atoms with Crippen molar-refractivity contribution < 1.29 is 9.59 Å². The number of piperazine rings is 1. The lowest BCUT2D eigenvalue weighted by Gasteiger charge is -2.48. The predicted molar refractivity (Wildman–Crippen MR) is 78.0 cm³/mol. The summed E-state index contributed by atoms with van der Waals surface area (Å²) in [6.45, 7) is 7.67. The van der Waals surface area contributed by atoms with Gasteiger partial charge < -0.3 is 10.2 Å². The second kappa shape index (κ2) is 5.27. The molecule has 1 aliphatic rings. The van der Waals surface area contributed by atoms with Gasteiger partial charge in [0.2, 0.25) is 5.91 Å². The second-order valence-electron chi connectivity index (χ2n) is 5.75. The summed E-state index contributed by atoms with van der Waals surface area (Å²) in [6, 6.07) is 8.81. The third-order valence-electron chi connectivity index (χ3n) is 4.12. The molecule has 0 spiro atoms. The molecule has 1 aromatic rings. The minimum absolute atomic E-state index is 0.00953. The van der Waals surface area contributed by atoms with E-state index in [0.29, 0.717) is 6.42 Å². The van der Waals surface area contributed by atoms with E-state index in [1.807, 2.05) is 58.0 Å². The summed E-state index contributed by atoms with van der Waals surface area (Å²) in [5, 5.41) is 2.88. The van der Waals surface area contributed by atoms with Gasteiger partial charge in [0, 0.05) is 6.04 Å². The fourth-order valence-corrected chi connectivity index (χ4v) is 2.87. The molecule has 4 heteroatoms. The topological polar surface area (TPSA) is 49.4 Å². The number of nitrogens with zero attached hydrogens (tertiary/aromatic N) is 1. The zero-order valence-electron chi connectivity index (χ0n) is 12.5. The highest BCUT2D eigenvalue weighted by molar-refractivity contribution is 6.00. The van der Waals surface area contributed by atoms with Gasteiger partial charge in [-0.2, -0.15) is 0 Å². The summed E-state index contributed by atoms with van der Waals surface area (Å²) in [4.78, 5) is 27.0. The van der Waals surface area contributed by atoms with E-state index in [1.165, 1.54) is 0 Å². The van der Waals surface area contributed by atoms with Crippen molar-refractivity contribution in [3.8, 4) is 0 Å². The van der Waals surface area contributed by atoms with Crippen molar-refractivity contribution >= 4 is 11.8 Å². The summed E-state index contributed by atoms with van der Waals surface area (Å²) < 4.78 is 0. The Balaban J connectivity index is 2.42. The molecule has 108 valence electrons. The molecule has 1 saturated heterocycles. The summed E-state index contributed by atoms with van der Waals surface area (Å²) in [7, 11) is 0. The summed E-state index contributed by atoms with van der Waals surface area (Å²) >= 11 is 0. The van der Waals surface area contributed by atoms with Crippen LogP contribution >= 0.6 is 0 Å². The van der Waals surface area contributed by atoms with Gasteiger partial charge in [-0.25, -0.2) is 0 Å². The Bertz CT molecular complexity index is 512. The average Bonchev–Trinajstić information content (AvgIpc) is 2.43. The lowest BCUT2D eigenvalue weighted by molar-refractivity contribution is -0.159. The number of rotatable bonds is 3. The summed E-state index contributed by atoms with van der Waals surface area (Å²) in [5.74, 6) is -0.114. The normalized spacial score (nSPS) is 26.9. The van der Waals surface area contributed by atoms with Crippen LogP contribution in [0.3, 0.4) is 0 Å². The Morgan fingerprint density at radius 1 is 1.25 bits per heavy atom. The molecule has 0 aliphatic carbocycles. The standard InChI is InChI=1S/C16H22N2O2/c1-5-16(4)15(20)17-13(12-9-7-6-8-10-12)14(19)18(16)11(2)3/h6-11,13H,5H2,1-4H3,(H,17,20). The number of hydrogen-bond acceptors (Lipinski definition) is 2. The molecule has 2 atom stereocenters. The molecule has 0 aromatic heterocycles. The third-order valence-corrected chi connectivity index (χ3v) is 4.12. The Kier molecular flexibility index (Phi) is 3.84. The zero-order valence-corrected chi connectivity index (χ0v) is 12.5. The maximum absolute atomic E-state index is 12.8. The van der Waals surface area contributed by atoms with Crippen LogP contribution in [0, 0.1) is 0 Å². The fraction of sp³-hybridized carbons (Fsp3) is 0.500. The first-order valence-corrected chi connectivity index (χ1v) is 7.11. The average molecular weight is 274 g/mol. The smallest absolute Gasteiger partial charge is 0.250 e. The van der Waals surface area contributed by atoms with Crippen LogP contribution in [0.25, 0.3) is 0 Å². The van der Waals surface area contributed by atoms with Crippen molar-refractivity contribution in [2.75, 3.05) is 0 Å². The van der Waals surface area contributed by atoms with Gasteiger partial charge in [-0.15, -0.1) is 0 Å². The first-order chi connectivity index (χ1) is 9.41. The van der Waals surface area contributed by atoms with E-state index in [4.69, 9.17) is 0 Å². The van der Waals surface area contributed by atoms with E-state index in [9.17, 15) is 9.59 Å². The molecule has 1 N–H and O–H groups in total. The molecule has 0 bridgehead atoms. The van der Waals surface area contributed by atoms with Crippen molar-refractivity contribution in [2.24, 2.45) is 0 Å². The molecule has 0 radical (unpaired) electrons. The molecule has 2 rings (SSSR count). The van der Waals surface area contributed by atoms with Gasteiger partial charge in [0.15, 0.2) is 0 Å². The lowest BCUT2D eigenvalue weighted by atomic mass is 9.87. The van der Waals surface area contributed by atoms with Gasteiger partial charge in [0.25, 0.3) is 5.91 Å². The molecule has 2 unspecified atom stereocenters. The van der Waals surface area contributed by atoms with Gasteiger partial charge in [-0.05, 0) is 32.8 Å². The van der Waals surface area contributed by atoms with Crippen LogP contribution in [-0.2, 0) is 9.59 Å². The van der Waals surface area contributed by atoms with E-state index in [0.717, 1.165) is 5.56 Å². The Labute approximate surface area is 120 Å². The van der Waals surface area contributed by atoms with Crippen LogP contribution in [0.1, 0.15) is 45.7 Å². The minimum Gasteiger partial charge on any atom is -0.338 e. The fourth-order valence-electron chi connectivity index (χ4n) is 2.87. The Morgan fingerprint density at radius 3 is 2.35 bits per heavy atom. The first-order valence-electron chi connectivity index (χ1n) is 7.11. The molecular formula is C16H22N2O2. The number of carbonyl (C=O) groups excluding carboxylic acids is 2. The van der Waals surface area contributed by atoms with Crippen molar-refractivity contribution in [1.82, 2.24) is 10.2 Å². The van der Waals surface area contributed by atoms with Crippen molar-refractivity contribution in [3.63, 3.8) is 0 Å². The predicted octanol–water partition coefficient (Wildman–Crippen LogP) is 2.26. The van der Waals surface area contributed by atoms with E-state index in [2.05, 4.69) is 5.32 Å². The Hall–Kier alpha value is -1.84. The maximum Gasteiger partial charge on any atom is 0.250 e. The van der Waals surface area contributed by atoms with Crippen LogP contribution < -0.4 is 5.32 Å². The van der Waals surface area contributed by atoms with E-state index in [1.54, 1.807) is 4.90 Å². The van der Waals surface area contributed by atoms with Crippen molar-refractivity contribution in [1.29, 1.82) is 0 Å². The van der Waals surface area contributed by atoms with Crippen LogP contribution in [0.4, 0.5) is 0 Å². The highest BCUT2D eigenvalue weighted by atomic mass is 16.2. The van der Waals surface area contributed by atoms with E-state index < -0.39 is 11.6 Å². The number of nitrogens with one attached hydrogen (secondary N) is 1. The molecule has 0 saturated carbocycles. The first kappa shape index (κ1) is 14.6. The van der Waals surface area contributed by atoms with Gasteiger partial charge in [-0.3, -0.25) is 9.59 Å². The number of hydrogen-bond donors (Lipinski definition) is 1. The zero-order chi connectivity index (χ0) is 14.9. The highest BCUT2D eigenvalue weighted by Crippen LogP contribution is 2.32. The maximum atomic E-state index is 12.8. The van der Waals surface area contributed by atoms with Gasteiger partial charge in [0.1, 0.15) is 11.6 Å². The van der Waals surface area contributed by atoms with Gasteiger partial charge in [0.05, 0.1) is 0 Å². The van der Waals surface area contributed by atoms with Crippen LogP contribution in [0.2, 0.25) is 0 Å². The van der Waals surface area contributed by atoms with E-state index >= 15 is 0 Å². The molecule has 1 aromatic carbocycles. The number of benzene rings is 1. The number of carbonyl (C=O) groups is 2. The van der Waals surface area contributed by atoms with E-state index in [-0.39, 0.29) is 17.9 Å². The Morgan fingerprint density at radius 2 is 1.85 bits per heavy atom. The summed E-state index contributed by atoms with van der Waals surface area (Å²) in [5.41, 5.74) is 0.0611. The molecule has 20 heavy (non-hydrogen) atoms. The molecular weight excluding hydrogens is 252 g/mol. The highest BCUT2D eigenvalue weighted by Gasteiger charge is 2.49. The second-order valence-corrected chi connectivity index (χ2v) is 5.75. The van der Waals surface area contributed by atoms with Crippen LogP contribution in [-0.4, -0.2) is 28.3 Å². The quantitative estimate of drug-likeness (QED) is 0.919. The van der Waals surface area contributed by atoms with Crippen molar-refractivity contribution in [3.05, 3.63) is 35.9 Å². The SMILES string of the molecule is CCC1(C)C(=O)NC(c2ccccc2)C(=O)N1C(C)C.